The zero-order chi connectivity index (χ0) is 11.5. The SMILES string of the molecule is CCC(C)C(NC)c1cccc2ccsc12. The average molecular weight is 233 g/mol. The summed E-state index contributed by atoms with van der Waals surface area (Å²) in [6.45, 7) is 4.57. The molecular weight excluding hydrogens is 214 g/mol. The molecule has 0 radical (unpaired) electrons. The smallest absolute Gasteiger partial charge is 0.0390 e. The molecule has 2 heteroatoms. The molecule has 0 amide bonds. The number of hydrogen-bond acceptors (Lipinski definition) is 2. The van der Waals surface area contributed by atoms with Gasteiger partial charge in [0.05, 0.1) is 0 Å². The molecule has 0 saturated heterocycles. The minimum absolute atomic E-state index is 0.465. The van der Waals surface area contributed by atoms with Crippen LogP contribution in [0.2, 0.25) is 0 Å². The Labute approximate surface area is 101 Å². The molecule has 1 heterocycles. The molecule has 2 atom stereocenters. The van der Waals surface area contributed by atoms with E-state index in [-0.39, 0.29) is 0 Å². The van der Waals surface area contributed by atoms with Crippen molar-refractivity contribution in [1.82, 2.24) is 5.32 Å². The van der Waals surface area contributed by atoms with Crippen LogP contribution >= 0.6 is 11.3 Å². The van der Waals surface area contributed by atoms with Crippen molar-refractivity contribution in [3.05, 3.63) is 35.2 Å². The van der Waals surface area contributed by atoms with E-state index < -0.39 is 0 Å². The van der Waals surface area contributed by atoms with Gasteiger partial charge in [0.15, 0.2) is 0 Å². The lowest BCUT2D eigenvalue weighted by molar-refractivity contribution is 0.403. The number of fused-ring (bicyclic) bond motifs is 1. The van der Waals surface area contributed by atoms with E-state index in [0.717, 1.165) is 0 Å². The van der Waals surface area contributed by atoms with E-state index in [9.17, 15) is 0 Å². The Morgan fingerprint density at radius 2 is 2.12 bits per heavy atom. The van der Waals surface area contributed by atoms with Crippen LogP contribution in [0.5, 0.6) is 0 Å². The predicted molar refractivity (Wildman–Crippen MR) is 73.1 cm³/mol. The Bertz CT molecular complexity index is 460. The Morgan fingerprint density at radius 3 is 2.81 bits per heavy atom. The number of thiophene rings is 1. The van der Waals surface area contributed by atoms with Crippen LogP contribution in [0.3, 0.4) is 0 Å². The van der Waals surface area contributed by atoms with Crippen LogP contribution in [-0.2, 0) is 0 Å². The molecule has 1 nitrogen and oxygen atoms in total. The fraction of sp³-hybridized carbons (Fsp3) is 0.429. The summed E-state index contributed by atoms with van der Waals surface area (Å²) in [5, 5.41) is 7.00. The molecule has 0 fully saturated rings. The van der Waals surface area contributed by atoms with E-state index >= 15 is 0 Å². The van der Waals surface area contributed by atoms with Crippen molar-refractivity contribution in [3.8, 4) is 0 Å². The summed E-state index contributed by atoms with van der Waals surface area (Å²) in [4.78, 5) is 0. The summed E-state index contributed by atoms with van der Waals surface area (Å²) in [5.41, 5.74) is 1.45. The van der Waals surface area contributed by atoms with Crippen LogP contribution in [0.15, 0.2) is 29.6 Å². The molecule has 86 valence electrons. The minimum Gasteiger partial charge on any atom is -0.313 e. The second kappa shape index (κ2) is 4.98. The molecular formula is C14H19NS. The van der Waals surface area contributed by atoms with Crippen LogP contribution in [-0.4, -0.2) is 7.05 Å². The predicted octanol–water partition coefficient (Wildman–Crippen LogP) is 4.21. The molecule has 0 spiro atoms. The Morgan fingerprint density at radius 1 is 1.31 bits per heavy atom. The Hall–Kier alpha value is -0.860. The van der Waals surface area contributed by atoms with Crippen molar-refractivity contribution in [2.75, 3.05) is 7.05 Å². The summed E-state index contributed by atoms with van der Waals surface area (Å²) in [6.07, 6.45) is 1.20. The first-order valence-corrected chi connectivity index (χ1v) is 6.79. The van der Waals surface area contributed by atoms with E-state index in [1.807, 2.05) is 11.3 Å². The third kappa shape index (κ3) is 2.00. The van der Waals surface area contributed by atoms with Gasteiger partial charge in [-0.15, -0.1) is 11.3 Å². The van der Waals surface area contributed by atoms with Gasteiger partial charge >= 0.3 is 0 Å². The molecule has 1 aromatic carbocycles. The van der Waals surface area contributed by atoms with Crippen molar-refractivity contribution in [3.63, 3.8) is 0 Å². The molecule has 1 N–H and O–H groups in total. The summed E-state index contributed by atoms with van der Waals surface area (Å²) in [7, 11) is 2.06. The van der Waals surface area contributed by atoms with Crippen molar-refractivity contribution >= 4 is 21.4 Å². The minimum atomic E-state index is 0.465. The quantitative estimate of drug-likeness (QED) is 0.834. The van der Waals surface area contributed by atoms with E-state index in [1.54, 1.807) is 0 Å². The van der Waals surface area contributed by atoms with E-state index in [2.05, 4.69) is 55.9 Å². The van der Waals surface area contributed by atoms with Crippen molar-refractivity contribution in [2.45, 2.75) is 26.3 Å². The lowest BCUT2D eigenvalue weighted by Gasteiger charge is -2.23. The fourth-order valence-corrected chi connectivity index (χ4v) is 3.20. The molecule has 2 unspecified atom stereocenters. The van der Waals surface area contributed by atoms with Crippen LogP contribution in [0.4, 0.5) is 0 Å². The van der Waals surface area contributed by atoms with Crippen LogP contribution < -0.4 is 5.32 Å². The fourth-order valence-electron chi connectivity index (χ4n) is 2.24. The standard InChI is InChI=1S/C14H19NS/c1-4-10(2)13(15-3)12-7-5-6-11-8-9-16-14(11)12/h5-10,13,15H,4H2,1-3H3. The highest BCUT2D eigenvalue weighted by molar-refractivity contribution is 7.17. The molecule has 0 aliphatic heterocycles. The first kappa shape index (κ1) is 11.6. The molecule has 0 bridgehead atoms. The lowest BCUT2D eigenvalue weighted by atomic mass is 9.92. The molecule has 2 aromatic rings. The maximum atomic E-state index is 3.46. The normalized spacial score (nSPS) is 15.2. The first-order valence-electron chi connectivity index (χ1n) is 5.91. The number of rotatable bonds is 4. The maximum absolute atomic E-state index is 3.46. The first-order chi connectivity index (χ1) is 7.77. The van der Waals surface area contributed by atoms with Crippen molar-refractivity contribution < 1.29 is 0 Å². The van der Waals surface area contributed by atoms with E-state index in [1.165, 1.54) is 22.1 Å². The van der Waals surface area contributed by atoms with Gasteiger partial charge in [0.2, 0.25) is 0 Å². The second-order valence-electron chi connectivity index (χ2n) is 4.34. The third-order valence-corrected chi connectivity index (χ3v) is 4.35. The van der Waals surface area contributed by atoms with Gasteiger partial charge in [-0.3, -0.25) is 0 Å². The molecule has 1 aromatic heterocycles. The number of benzene rings is 1. The average Bonchev–Trinajstić information content (AvgIpc) is 2.78. The van der Waals surface area contributed by atoms with Gasteiger partial charge < -0.3 is 5.32 Å². The van der Waals surface area contributed by atoms with Crippen LogP contribution in [0.25, 0.3) is 10.1 Å². The van der Waals surface area contributed by atoms with E-state index in [4.69, 9.17) is 0 Å². The highest BCUT2D eigenvalue weighted by atomic mass is 32.1. The summed E-state index contributed by atoms with van der Waals surface area (Å²) in [5.74, 6) is 0.665. The van der Waals surface area contributed by atoms with Gasteiger partial charge in [-0.05, 0) is 35.4 Å². The number of nitrogens with one attached hydrogen (secondary N) is 1. The van der Waals surface area contributed by atoms with Crippen molar-refractivity contribution in [2.24, 2.45) is 5.92 Å². The van der Waals surface area contributed by atoms with Gasteiger partial charge in [-0.1, -0.05) is 38.5 Å². The van der Waals surface area contributed by atoms with E-state index in [0.29, 0.717) is 12.0 Å². The summed E-state index contributed by atoms with van der Waals surface area (Å²) in [6, 6.07) is 9.28. The second-order valence-corrected chi connectivity index (χ2v) is 5.25. The summed E-state index contributed by atoms with van der Waals surface area (Å²) < 4.78 is 1.43. The summed E-state index contributed by atoms with van der Waals surface area (Å²) >= 11 is 1.85. The van der Waals surface area contributed by atoms with Gasteiger partial charge in [-0.2, -0.15) is 0 Å². The van der Waals surface area contributed by atoms with Gasteiger partial charge in [-0.25, -0.2) is 0 Å². The molecule has 0 saturated carbocycles. The van der Waals surface area contributed by atoms with Gasteiger partial charge in [0.1, 0.15) is 0 Å². The van der Waals surface area contributed by atoms with Crippen LogP contribution in [0.1, 0.15) is 31.9 Å². The lowest BCUT2D eigenvalue weighted by Crippen LogP contribution is -2.23. The van der Waals surface area contributed by atoms with Gasteiger partial charge in [0.25, 0.3) is 0 Å². The Balaban J connectivity index is 2.48. The van der Waals surface area contributed by atoms with Gasteiger partial charge in [0, 0.05) is 10.7 Å². The van der Waals surface area contributed by atoms with Crippen molar-refractivity contribution in [1.29, 1.82) is 0 Å². The molecule has 0 aliphatic rings. The zero-order valence-corrected chi connectivity index (χ0v) is 11.0. The highest BCUT2D eigenvalue weighted by Crippen LogP contribution is 2.33. The largest absolute Gasteiger partial charge is 0.313 e. The molecule has 2 rings (SSSR count). The Kier molecular flexibility index (Phi) is 3.62. The third-order valence-electron chi connectivity index (χ3n) is 3.37. The van der Waals surface area contributed by atoms with Crippen LogP contribution in [0, 0.1) is 5.92 Å². The monoisotopic (exact) mass is 233 g/mol. The molecule has 0 aliphatic carbocycles. The molecule has 16 heavy (non-hydrogen) atoms. The highest BCUT2D eigenvalue weighted by Gasteiger charge is 2.18. The maximum Gasteiger partial charge on any atom is 0.0390 e. The topological polar surface area (TPSA) is 12.0 Å². The number of hydrogen-bond donors (Lipinski definition) is 1. The zero-order valence-electron chi connectivity index (χ0n) is 10.2.